The van der Waals surface area contributed by atoms with Crippen LogP contribution < -0.4 is 5.32 Å². The number of alkyl halides is 3. The highest BCUT2D eigenvalue weighted by Gasteiger charge is 2.27. The smallest absolute Gasteiger partial charge is 0.405 e. The van der Waals surface area contributed by atoms with Crippen LogP contribution in [0.5, 0.6) is 0 Å². The molecule has 0 saturated heterocycles. The van der Waals surface area contributed by atoms with E-state index in [1.54, 1.807) is 16.7 Å². The summed E-state index contributed by atoms with van der Waals surface area (Å²) in [6.07, 6.45) is -2.91. The summed E-state index contributed by atoms with van der Waals surface area (Å²) in [4.78, 5) is 11.5. The molecule has 0 bridgehead atoms. The van der Waals surface area contributed by atoms with Gasteiger partial charge in [-0.2, -0.15) is 13.2 Å². The molecule has 24 heavy (non-hydrogen) atoms. The summed E-state index contributed by atoms with van der Waals surface area (Å²) >= 11 is 1.03. The normalized spacial score (nSPS) is 11.9. The van der Waals surface area contributed by atoms with Gasteiger partial charge in [-0.1, -0.05) is 25.6 Å². The average molecular weight is 362 g/mol. The van der Waals surface area contributed by atoms with E-state index in [9.17, 15) is 18.0 Å². The first kappa shape index (κ1) is 18.4. The standard InChI is InChI=1S/C14H17F3N4O2S/c1-9(2)6-21-12(10-4-3-5-23-10)19-20-13(21)24-7-11(22)18-8-14(15,16)17/h3-5,9H,6-8H2,1-2H3,(H,18,22). The number of thioether (sulfide) groups is 1. The number of furan rings is 1. The van der Waals surface area contributed by atoms with Gasteiger partial charge in [0.2, 0.25) is 5.91 Å². The number of aromatic nitrogens is 3. The van der Waals surface area contributed by atoms with E-state index in [1.807, 2.05) is 19.2 Å². The second kappa shape index (κ2) is 7.73. The van der Waals surface area contributed by atoms with E-state index in [4.69, 9.17) is 4.42 Å². The summed E-state index contributed by atoms with van der Waals surface area (Å²) < 4.78 is 43.4. The Labute approximate surface area is 140 Å². The van der Waals surface area contributed by atoms with Crippen LogP contribution in [0.1, 0.15) is 13.8 Å². The molecule has 0 spiro atoms. The minimum atomic E-state index is -4.43. The molecule has 0 aliphatic rings. The lowest BCUT2D eigenvalue weighted by Gasteiger charge is -2.11. The van der Waals surface area contributed by atoms with Crippen molar-refractivity contribution in [3.8, 4) is 11.6 Å². The molecule has 2 aromatic heterocycles. The van der Waals surface area contributed by atoms with Gasteiger partial charge in [0.25, 0.3) is 0 Å². The number of halogens is 3. The van der Waals surface area contributed by atoms with Crippen LogP contribution in [0, 0.1) is 5.92 Å². The van der Waals surface area contributed by atoms with E-state index in [0.717, 1.165) is 11.8 Å². The van der Waals surface area contributed by atoms with E-state index in [2.05, 4.69) is 10.2 Å². The topological polar surface area (TPSA) is 73.0 Å². The van der Waals surface area contributed by atoms with Gasteiger partial charge in [0.1, 0.15) is 6.54 Å². The van der Waals surface area contributed by atoms with Gasteiger partial charge in [-0.15, -0.1) is 10.2 Å². The molecule has 2 aromatic rings. The average Bonchev–Trinajstić information content (AvgIpc) is 3.11. The van der Waals surface area contributed by atoms with Crippen LogP contribution in [0.25, 0.3) is 11.6 Å². The van der Waals surface area contributed by atoms with Crippen LogP contribution in [0.15, 0.2) is 28.0 Å². The zero-order chi connectivity index (χ0) is 17.7. The van der Waals surface area contributed by atoms with Crippen molar-refractivity contribution in [2.24, 2.45) is 5.92 Å². The molecule has 2 heterocycles. The van der Waals surface area contributed by atoms with Crippen LogP contribution in [-0.4, -0.2) is 39.1 Å². The van der Waals surface area contributed by atoms with Gasteiger partial charge >= 0.3 is 6.18 Å². The first-order chi connectivity index (χ1) is 11.3. The van der Waals surface area contributed by atoms with Gasteiger partial charge in [-0.3, -0.25) is 9.36 Å². The predicted molar refractivity (Wildman–Crippen MR) is 82.4 cm³/mol. The summed E-state index contributed by atoms with van der Waals surface area (Å²) in [5.74, 6) is 0.456. The summed E-state index contributed by atoms with van der Waals surface area (Å²) in [5, 5.41) is 10.4. The van der Waals surface area contributed by atoms with Crippen molar-refractivity contribution in [1.29, 1.82) is 0 Å². The second-order valence-corrected chi connectivity index (χ2v) is 6.41. The molecule has 0 aliphatic carbocycles. The number of carbonyl (C=O) groups is 1. The van der Waals surface area contributed by atoms with Gasteiger partial charge in [0.05, 0.1) is 12.0 Å². The lowest BCUT2D eigenvalue weighted by molar-refractivity contribution is -0.136. The maximum absolute atomic E-state index is 12.1. The largest absolute Gasteiger partial charge is 0.461 e. The second-order valence-electron chi connectivity index (χ2n) is 5.47. The third kappa shape index (κ3) is 5.29. The maximum Gasteiger partial charge on any atom is 0.405 e. The van der Waals surface area contributed by atoms with E-state index < -0.39 is 18.6 Å². The molecule has 132 valence electrons. The molecule has 0 atom stereocenters. The Morgan fingerprint density at radius 3 is 2.75 bits per heavy atom. The maximum atomic E-state index is 12.1. The van der Waals surface area contributed by atoms with Gasteiger partial charge in [-0.25, -0.2) is 0 Å². The number of carbonyl (C=O) groups excluding carboxylic acids is 1. The Hall–Kier alpha value is -1.97. The molecule has 0 fully saturated rings. The number of hydrogen-bond donors (Lipinski definition) is 1. The molecular formula is C14H17F3N4O2S. The van der Waals surface area contributed by atoms with Crippen LogP contribution in [-0.2, 0) is 11.3 Å². The van der Waals surface area contributed by atoms with E-state index >= 15 is 0 Å². The molecular weight excluding hydrogens is 345 g/mol. The molecule has 0 aliphatic heterocycles. The van der Waals surface area contributed by atoms with E-state index in [0.29, 0.717) is 23.3 Å². The Kier molecular flexibility index (Phi) is 5.92. The lowest BCUT2D eigenvalue weighted by Crippen LogP contribution is -2.34. The van der Waals surface area contributed by atoms with E-state index in [1.165, 1.54) is 6.26 Å². The van der Waals surface area contributed by atoms with Crippen molar-refractivity contribution in [3.05, 3.63) is 18.4 Å². The van der Waals surface area contributed by atoms with Crippen molar-refractivity contribution in [1.82, 2.24) is 20.1 Å². The van der Waals surface area contributed by atoms with Crippen molar-refractivity contribution >= 4 is 17.7 Å². The van der Waals surface area contributed by atoms with Crippen molar-refractivity contribution < 1.29 is 22.4 Å². The molecule has 1 N–H and O–H groups in total. The fourth-order valence-corrected chi connectivity index (χ4v) is 2.67. The predicted octanol–water partition coefficient (Wildman–Crippen LogP) is 2.96. The first-order valence-corrected chi connectivity index (χ1v) is 8.18. The monoisotopic (exact) mass is 362 g/mol. The zero-order valence-corrected chi connectivity index (χ0v) is 13.9. The Morgan fingerprint density at radius 1 is 1.42 bits per heavy atom. The highest BCUT2D eigenvalue weighted by Crippen LogP contribution is 2.25. The number of rotatable bonds is 7. The summed E-state index contributed by atoms with van der Waals surface area (Å²) in [5.41, 5.74) is 0. The van der Waals surface area contributed by atoms with Crippen LogP contribution in [0.2, 0.25) is 0 Å². The Bertz CT molecular complexity index is 668. The Balaban J connectivity index is 2.06. The quantitative estimate of drug-likeness (QED) is 0.767. The molecule has 0 saturated carbocycles. The molecule has 0 aromatic carbocycles. The number of nitrogens with one attached hydrogen (secondary N) is 1. The minimum absolute atomic E-state index is 0.176. The van der Waals surface area contributed by atoms with Gasteiger partial charge in [0.15, 0.2) is 16.7 Å². The molecule has 6 nitrogen and oxygen atoms in total. The van der Waals surface area contributed by atoms with Gasteiger partial charge in [0, 0.05) is 6.54 Å². The van der Waals surface area contributed by atoms with E-state index in [-0.39, 0.29) is 11.7 Å². The van der Waals surface area contributed by atoms with Crippen molar-refractivity contribution in [2.75, 3.05) is 12.3 Å². The molecule has 1 amide bonds. The molecule has 10 heteroatoms. The first-order valence-electron chi connectivity index (χ1n) is 7.19. The van der Waals surface area contributed by atoms with Crippen LogP contribution in [0.3, 0.4) is 0 Å². The van der Waals surface area contributed by atoms with Crippen LogP contribution >= 0.6 is 11.8 Å². The highest BCUT2D eigenvalue weighted by atomic mass is 32.2. The zero-order valence-electron chi connectivity index (χ0n) is 13.1. The summed E-state index contributed by atoms with van der Waals surface area (Å²) in [6, 6.07) is 3.46. The van der Waals surface area contributed by atoms with Gasteiger partial charge in [-0.05, 0) is 18.1 Å². The lowest BCUT2D eigenvalue weighted by atomic mass is 10.2. The number of hydrogen-bond acceptors (Lipinski definition) is 5. The number of amides is 1. The molecule has 0 radical (unpaired) electrons. The van der Waals surface area contributed by atoms with Crippen molar-refractivity contribution in [3.63, 3.8) is 0 Å². The van der Waals surface area contributed by atoms with Crippen molar-refractivity contribution in [2.45, 2.75) is 31.7 Å². The third-order valence-corrected chi connectivity index (χ3v) is 3.79. The van der Waals surface area contributed by atoms with Gasteiger partial charge < -0.3 is 9.73 Å². The highest BCUT2D eigenvalue weighted by molar-refractivity contribution is 7.99. The third-order valence-electron chi connectivity index (χ3n) is 2.82. The van der Waals surface area contributed by atoms with Crippen LogP contribution in [0.4, 0.5) is 13.2 Å². The SMILES string of the molecule is CC(C)Cn1c(SCC(=O)NCC(F)(F)F)nnc1-c1ccco1. The Morgan fingerprint density at radius 2 is 2.17 bits per heavy atom. The molecule has 0 unspecified atom stereocenters. The fraction of sp³-hybridized carbons (Fsp3) is 0.500. The minimum Gasteiger partial charge on any atom is -0.461 e. The summed E-state index contributed by atoms with van der Waals surface area (Å²) in [7, 11) is 0. The number of nitrogens with zero attached hydrogens (tertiary/aromatic N) is 3. The summed E-state index contributed by atoms with van der Waals surface area (Å²) in [6.45, 7) is 3.27. The molecule has 2 rings (SSSR count). The fourth-order valence-electron chi connectivity index (χ4n) is 1.89.